The smallest absolute Gasteiger partial charge is 0.171 e. The van der Waals surface area contributed by atoms with Gasteiger partial charge < -0.3 is 0 Å². The number of aryl methyl sites for hydroxylation is 1. The van der Waals surface area contributed by atoms with Crippen LogP contribution in [0, 0.1) is 12.7 Å². The lowest BCUT2D eigenvalue weighted by atomic mass is 10.1. The molecule has 106 valence electrons. The summed E-state index contributed by atoms with van der Waals surface area (Å²) >= 11 is 5.93. The van der Waals surface area contributed by atoms with E-state index in [4.69, 9.17) is 11.6 Å². The van der Waals surface area contributed by atoms with Gasteiger partial charge >= 0.3 is 0 Å². The quantitative estimate of drug-likeness (QED) is 0.681. The van der Waals surface area contributed by atoms with E-state index < -0.39 is 0 Å². The zero-order chi connectivity index (χ0) is 14.8. The molecule has 21 heavy (non-hydrogen) atoms. The molecule has 0 fully saturated rings. The van der Waals surface area contributed by atoms with E-state index in [9.17, 15) is 4.39 Å². The lowest BCUT2D eigenvalue weighted by molar-refractivity contribution is 0.628. The highest BCUT2D eigenvalue weighted by molar-refractivity contribution is 6.16. The van der Waals surface area contributed by atoms with Gasteiger partial charge in [-0.2, -0.15) is 0 Å². The van der Waals surface area contributed by atoms with Gasteiger partial charge in [0, 0.05) is 5.69 Å². The molecule has 0 N–H and O–H groups in total. The van der Waals surface area contributed by atoms with E-state index in [1.54, 1.807) is 10.6 Å². The molecule has 3 rings (SSSR count). The third-order valence-electron chi connectivity index (χ3n) is 3.23. The van der Waals surface area contributed by atoms with Crippen molar-refractivity contribution in [3.63, 3.8) is 0 Å². The van der Waals surface area contributed by atoms with Crippen LogP contribution in [0.25, 0.3) is 17.1 Å². The summed E-state index contributed by atoms with van der Waals surface area (Å²) in [4.78, 5) is 0. The third kappa shape index (κ3) is 2.54. The number of aromatic nitrogens is 3. The molecule has 0 aliphatic heterocycles. The summed E-state index contributed by atoms with van der Waals surface area (Å²) in [5.41, 5.74) is 2.13. The average Bonchev–Trinajstić information content (AvgIpc) is 2.92. The molecule has 1 heterocycles. The van der Waals surface area contributed by atoms with Crippen LogP contribution in [-0.4, -0.2) is 14.8 Å². The summed E-state index contributed by atoms with van der Waals surface area (Å²) in [6.07, 6.45) is 0. The molecule has 0 amide bonds. The Morgan fingerprint density at radius 3 is 2.52 bits per heavy atom. The van der Waals surface area contributed by atoms with Crippen molar-refractivity contribution in [3.05, 3.63) is 65.7 Å². The monoisotopic (exact) mass is 301 g/mol. The minimum absolute atomic E-state index is 0.204. The summed E-state index contributed by atoms with van der Waals surface area (Å²) in [5.74, 6) is 0.919. The van der Waals surface area contributed by atoms with Crippen LogP contribution >= 0.6 is 11.6 Å². The molecular formula is C16H13ClFN3. The topological polar surface area (TPSA) is 30.7 Å². The molecule has 1 aromatic heterocycles. The highest BCUT2D eigenvalue weighted by Crippen LogP contribution is 2.26. The first kappa shape index (κ1) is 13.8. The van der Waals surface area contributed by atoms with Crippen molar-refractivity contribution in [1.29, 1.82) is 0 Å². The SMILES string of the molecule is Cc1ccc(-c2nnc(CCl)n2-c2ccccc2)c(F)c1. The van der Waals surface area contributed by atoms with E-state index in [1.165, 1.54) is 6.07 Å². The number of para-hydroxylation sites is 1. The molecule has 0 radical (unpaired) electrons. The Hall–Kier alpha value is -2.20. The van der Waals surface area contributed by atoms with Crippen molar-refractivity contribution >= 4 is 11.6 Å². The molecule has 0 saturated carbocycles. The van der Waals surface area contributed by atoms with Crippen LogP contribution in [0.2, 0.25) is 0 Å². The molecule has 0 aliphatic rings. The van der Waals surface area contributed by atoms with Gasteiger partial charge in [-0.3, -0.25) is 4.57 Å². The third-order valence-corrected chi connectivity index (χ3v) is 3.47. The van der Waals surface area contributed by atoms with Gasteiger partial charge in [0.15, 0.2) is 11.6 Å². The molecule has 0 bridgehead atoms. The minimum Gasteiger partial charge on any atom is -0.278 e. The molecule has 0 spiro atoms. The number of hydrogen-bond acceptors (Lipinski definition) is 2. The summed E-state index contributed by atoms with van der Waals surface area (Å²) in [6.45, 7) is 1.85. The molecular weight excluding hydrogens is 289 g/mol. The van der Waals surface area contributed by atoms with Gasteiger partial charge in [0.25, 0.3) is 0 Å². The first-order valence-electron chi connectivity index (χ1n) is 6.53. The molecule has 3 aromatic rings. The van der Waals surface area contributed by atoms with Crippen molar-refractivity contribution in [1.82, 2.24) is 14.8 Å². The van der Waals surface area contributed by atoms with Crippen LogP contribution in [0.15, 0.2) is 48.5 Å². The highest BCUT2D eigenvalue weighted by Gasteiger charge is 2.17. The standard InChI is InChI=1S/C16H13ClFN3/c1-11-7-8-13(14(18)9-11)16-20-19-15(10-17)21(16)12-5-3-2-4-6-12/h2-9H,10H2,1H3. The van der Waals surface area contributed by atoms with E-state index in [1.807, 2.05) is 43.3 Å². The fraction of sp³-hybridized carbons (Fsp3) is 0.125. The summed E-state index contributed by atoms with van der Waals surface area (Å²) in [5, 5.41) is 8.18. The van der Waals surface area contributed by atoms with Crippen LogP contribution in [0.1, 0.15) is 11.4 Å². The van der Waals surface area contributed by atoms with Crippen LogP contribution in [0.3, 0.4) is 0 Å². The lowest BCUT2D eigenvalue weighted by Crippen LogP contribution is -2.02. The zero-order valence-electron chi connectivity index (χ0n) is 11.4. The Kier molecular flexibility index (Phi) is 3.71. The Balaban J connectivity index is 2.22. The maximum absolute atomic E-state index is 14.2. The largest absolute Gasteiger partial charge is 0.278 e. The number of rotatable bonds is 3. The summed E-state index contributed by atoms with van der Waals surface area (Å²) in [6, 6.07) is 14.6. The van der Waals surface area contributed by atoms with Crippen molar-refractivity contribution in [3.8, 4) is 17.1 Å². The first-order valence-corrected chi connectivity index (χ1v) is 7.06. The average molecular weight is 302 g/mol. The van der Waals surface area contributed by atoms with Crippen molar-refractivity contribution in [2.24, 2.45) is 0 Å². The van der Waals surface area contributed by atoms with Crippen LogP contribution < -0.4 is 0 Å². The Morgan fingerprint density at radius 1 is 1.10 bits per heavy atom. The second-order valence-electron chi connectivity index (χ2n) is 4.73. The fourth-order valence-corrected chi connectivity index (χ4v) is 2.40. The second kappa shape index (κ2) is 5.66. The molecule has 0 unspecified atom stereocenters. The molecule has 0 aliphatic carbocycles. The van der Waals surface area contributed by atoms with Gasteiger partial charge in [-0.15, -0.1) is 21.8 Å². The van der Waals surface area contributed by atoms with E-state index in [0.29, 0.717) is 17.2 Å². The predicted molar refractivity (Wildman–Crippen MR) is 81.0 cm³/mol. The predicted octanol–water partition coefficient (Wildman–Crippen LogP) is 4.12. The second-order valence-corrected chi connectivity index (χ2v) is 4.99. The van der Waals surface area contributed by atoms with Crippen molar-refractivity contribution in [2.75, 3.05) is 0 Å². The Morgan fingerprint density at radius 2 is 1.86 bits per heavy atom. The van der Waals surface area contributed by atoms with Gasteiger partial charge in [-0.1, -0.05) is 24.3 Å². The van der Waals surface area contributed by atoms with Gasteiger partial charge in [-0.25, -0.2) is 4.39 Å². The van der Waals surface area contributed by atoms with Crippen LogP contribution in [0.5, 0.6) is 0 Å². The van der Waals surface area contributed by atoms with Gasteiger partial charge in [0.05, 0.1) is 11.4 Å². The van der Waals surface area contributed by atoms with Gasteiger partial charge in [0.2, 0.25) is 0 Å². The number of alkyl halides is 1. The van der Waals surface area contributed by atoms with Crippen molar-refractivity contribution in [2.45, 2.75) is 12.8 Å². The molecule has 5 heteroatoms. The number of hydrogen-bond donors (Lipinski definition) is 0. The molecule has 0 saturated heterocycles. The van der Waals surface area contributed by atoms with Crippen molar-refractivity contribution < 1.29 is 4.39 Å². The van der Waals surface area contributed by atoms with Crippen LogP contribution in [-0.2, 0) is 5.88 Å². The maximum atomic E-state index is 14.2. The van der Waals surface area contributed by atoms with Gasteiger partial charge in [-0.05, 0) is 36.8 Å². The Bertz CT molecular complexity index is 768. The number of nitrogens with zero attached hydrogens (tertiary/aromatic N) is 3. The maximum Gasteiger partial charge on any atom is 0.171 e. The molecule has 3 nitrogen and oxygen atoms in total. The van der Waals surface area contributed by atoms with E-state index in [-0.39, 0.29) is 11.7 Å². The van der Waals surface area contributed by atoms with E-state index in [2.05, 4.69) is 10.2 Å². The van der Waals surface area contributed by atoms with Crippen LogP contribution in [0.4, 0.5) is 4.39 Å². The van der Waals surface area contributed by atoms with E-state index in [0.717, 1.165) is 11.3 Å². The fourth-order valence-electron chi connectivity index (χ4n) is 2.23. The lowest BCUT2D eigenvalue weighted by Gasteiger charge is -2.10. The molecule has 0 atom stereocenters. The molecule has 2 aromatic carbocycles. The normalized spacial score (nSPS) is 10.8. The number of halogens is 2. The van der Waals surface area contributed by atoms with Gasteiger partial charge in [0.1, 0.15) is 5.82 Å². The zero-order valence-corrected chi connectivity index (χ0v) is 12.2. The minimum atomic E-state index is -0.319. The summed E-state index contributed by atoms with van der Waals surface area (Å²) in [7, 11) is 0. The summed E-state index contributed by atoms with van der Waals surface area (Å²) < 4.78 is 16.0. The Labute approximate surface area is 127 Å². The van der Waals surface area contributed by atoms with E-state index >= 15 is 0 Å². The highest BCUT2D eigenvalue weighted by atomic mass is 35.5. The first-order chi connectivity index (χ1) is 10.2. The number of benzene rings is 2.